The van der Waals surface area contributed by atoms with Crippen molar-refractivity contribution in [2.45, 2.75) is 13.3 Å². The minimum absolute atomic E-state index is 0.217. The molecule has 132 valence electrons. The first-order chi connectivity index (χ1) is 12.7. The molecule has 0 aliphatic heterocycles. The van der Waals surface area contributed by atoms with E-state index in [1.807, 2.05) is 18.2 Å². The van der Waals surface area contributed by atoms with Gasteiger partial charge in [-0.3, -0.25) is 4.98 Å². The van der Waals surface area contributed by atoms with Crippen molar-refractivity contribution in [3.63, 3.8) is 0 Å². The Kier molecular flexibility index (Phi) is 5.43. The van der Waals surface area contributed by atoms with Crippen LogP contribution in [0.25, 0.3) is 22.4 Å². The van der Waals surface area contributed by atoms with Crippen LogP contribution >= 0.6 is 0 Å². The van der Waals surface area contributed by atoms with Gasteiger partial charge in [0.15, 0.2) is 5.65 Å². The van der Waals surface area contributed by atoms with E-state index in [1.54, 1.807) is 36.5 Å². The fourth-order valence-corrected chi connectivity index (χ4v) is 2.43. The van der Waals surface area contributed by atoms with Crippen LogP contribution in [0.15, 0.2) is 67.1 Å². The first kappa shape index (κ1) is 17.4. The van der Waals surface area contributed by atoms with E-state index in [0.29, 0.717) is 23.7 Å². The number of aromatic hydroxyl groups is 1. The maximum Gasteiger partial charge on any atom is 0.180 e. The highest BCUT2D eigenvalue weighted by Gasteiger charge is 2.06. The van der Waals surface area contributed by atoms with Gasteiger partial charge in [-0.1, -0.05) is 13.0 Å². The van der Waals surface area contributed by atoms with Crippen molar-refractivity contribution >= 4 is 17.0 Å². The van der Waals surface area contributed by atoms with Crippen molar-refractivity contribution in [1.82, 2.24) is 20.3 Å². The normalized spacial score (nSPS) is 11.3. The zero-order chi connectivity index (χ0) is 18.4. The topological polar surface area (TPSA) is 83.0 Å². The van der Waals surface area contributed by atoms with Gasteiger partial charge < -0.3 is 15.7 Å². The van der Waals surface area contributed by atoms with E-state index in [0.717, 1.165) is 23.3 Å². The van der Waals surface area contributed by atoms with Crippen molar-refractivity contribution in [2.75, 3.05) is 11.9 Å². The highest BCUT2D eigenvalue weighted by atomic mass is 16.3. The predicted octanol–water partition coefficient (Wildman–Crippen LogP) is 3.84. The van der Waals surface area contributed by atoms with Gasteiger partial charge in [0.25, 0.3) is 0 Å². The van der Waals surface area contributed by atoms with E-state index in [4.69, 9.17) is 0 Å². The number of phenols is 1. The maximum atomic E-state index is 9.43. The van der Waals surface area contributed by atoms with E-state index < -0.39 is 0 Å². The number of hydrogen-bond donors (Lipinski definition) is 3. The zero-order valence-corrected chi connectivity index (χ0v) is 14.6. The fraction of sp³-hybridized carbons (Fsp3) is 0.150. The molecule has 0 aliphatic carbocycles. The summed E-state index contributed by atoms with van der Waals surface area (Å²) in [6, 6.07) is 10.6. The third-order valence-electron chi connectivity index (χ3n) is 3.68. The summed E-state index contributed by atoms with van der Waals surface area (Å²) in [6.07, 6.45) is 6.45. The number of fused-ring (bicyclic) bond motifs is 1. The molecule has 6 nitrogen and oxygen atoms in total. The smallest absolute Gasteiger partial charge is 0.180 e. The van der Waals surface area contributed by atoms with Crippen LogP contribution < -0.4 is 10.6 Å². The van der Waals surface area contributed by atoms with Crippen LogP contribution in [0.5, 0.6) is 5.75 Å². The third-order valence-corrected chi connectivity index (χ3v) is 3.68. The lowest BCUT2D eigenvalue weighted by molar-refractivity contribution is 0.475. The molecule has 3 N–H and O–H groups in total. The maximum absolute atomic E-state index is 9.43. The molecule has 6 heteroatoms. The molecule has 3 aromatic rings. The van der Waals surface area contributed by atoms with Gasteiger partial charge >= 0.3 is 0 Å². The minimum Gasteiger partial charge on any atom is -0.508 e. The van der Waals surface area contributed by atoms with Crippen molar-refractivity contribution in [3.05, 3.63) is 67.1 Å². The van der Waals surface area contributed by atoms with E-state index in [2.05, 4.69) is 39.1 Å². The Morgan fingerprint density at radius 1 is 1.15 bits per heavy atom. The molecule has 0 aliphatic rings. The second kappa shape index (κ2) is 8.11. The Morgan fingerprint density at radius 3 is 2.69 bits per heavy atom. The highest BCUT2D eigenvalue weighted by Crippen LogP contribution is 2.21. The van der Waals surface area contributed by atoms with Gasteiger partial charge in [-0.05, 0) is 48.9 Å². The first-order valence-corrected chi connectivity index (χ1v) is 8.44. The van der Waals surface area contributed by atoms with Gasteiger partial charge in [-0.2, -0.15) is 0 Å². The first-order valence-electron chi connectivity index (χ1n) is 8.44. The Labute approximate surface area is 152 Å². The Hall–Kier alpha value is -3.41. The molecule has 2 aromatic heterocycles. The zero-order valence-electron chi connectivity index (χ0n) is 14.6. The quantitative estimate of drug-likeness (QED) is 0.563. The van der Waals surface area contributed by atoms with Gasteiger partial charge in [0.1, 0.15) is 22.9 Å². The number of rotatable bonds is 7. The fourth-order valence-electron chi connectivity index (χ4n) is 2.43. The summed E-state index contributed by atoms with van der Waals surface area (Å²) in [5, 5.41) is 15.9. The van der Waals surface area contributed by atoms with Crippen LogP contribution in [0.1, 0.15) is 13.3 Å². The van der Waals surface area contributed by atoms with Crippen LogP contribution in [0, 0.1) is 0 Å². The summed E-state index contributed by atoms with van der Waals surface area (Å²) in [7, 11) is 0. The summed E-state index contributed by atoms with van der Waals surface area (Å²) < 4.78 is 0. The Morgan fingerprint density at radius 2 is 1.96 bits per heavy atom. The largest absolute Gasteiger partial charge is 0.508 e. The summed E-state index contributed by atoms with van der Waals surface area (Å²) in [5.74, 6) is 1.78. The van der Waals surface area contributed by atoms with Crippen LogP contribution in [-0.4, -0.2) is 26.6 Å². The molecule has 0 atom stereocenters. The van der Waals surface area contributed by atoms with Crippen LogP contribution in [0.2, 0.25) is 0 Å². The SMILES string of the molecule is C=CCN/C(=C\CC)Nc1ccc2ncc(-c3ccc(O)cc3)nc2n1. The summed E-state index contributed by atoms with van der Waals surface area (Å²) >= 11 is 0. The molecule has 0 unspecified atom stereocenters. The lowest BCUT2D eigenvalue weighted by Crippen LogP contribution is -2.20. The lowest BCUT2D eigenvalue weighted by atomic mass is 10.1. The predicted molar refractivity (Wildman–Crippen MR) is 105 cm³/mol. The number of hydrogen-bond acceptors (Lipinski definition) is 6. The van der Waals surface area contributed by atoms with Crippen molar-refractivity contribution in [1.29, 1.82) is 0 Å². The number of allylic oxidation sites excluding steroid dienone is 1. The molecule has 26 heavy (non-hydrogen) atoms. The molecule has 1 aromatic carbocycles. The second-order valence-electron chi connectivity index (χ2n) is 5.66. The molecule has 2 heterocycles. The highest BCUT2D eigenvalue weighted by molar-refractivity contribution is 5.75. The summed E-state index contributed by atoms with van der Waals surface area (Å²) in [5.41, 5.74) is 2.85. The van der Waals surface area contributed by atoms with E-state index in [1.165, 1.54) is 0 Å². The number of nitrogens with one attached hydrogen (secondary N) is 2. The van der Waals surface area contributed by atoms with Gasteiger partial charge in [-0.15, -0.1) is 6.58 Å². The number of pyridine rings is 1. The van der Waals surface area contributed by atoms with Gasteiger partial charge in [-0.25, -0.2) is 9.97 Å². The van der Waals surface area contributed by atoms with E-state index in [-0.39, 0.29) is 5.75 Å². The monoisotopic (exact) mass is 347 g/mol. The van der Waals surface area contributed by atoms with Crippen molar-refractivity contribution in [3.8, 4) is 17.0 Å². The molecule has 0 spiro atoms. The van der Waals surface area contributed by atoms with Crippen LogP contribution in [-0.2, 0) is 0 Å². The van der Waals surface area contributed by atoms with Crippen molar-refractivity contribution < 1.29 is 5.11 Å². The molecule has 0 amide bonds. The standard InChI is InChI=1S/C20H21N5O/c1-3-5-18(21-12-4-2)24-19-11-10-16-20(25-19)23-17(13-22-16)14-6-8-15(26)9-7-14/h4-11,13,21,26H,2-3,12H2,1H3,(H,23,24,25)/b18-5+. The Bertz CT molecular complexity index is 935. The third kappa shape index (κ3) is 4.16. The average molecular weight is 347 g/mol. The molecule has 0 saturated carbocycles. The number of aromatic nitrogens is 3. The van der Waals surface area contributed by atoms with Crippen LogP contribution in [0.4, 0.5) is 5.82 Å². The van der Waals surface area contributed by atoms with Gasteiger partial charge in [0, 0.05) is 12.1 Å². The van der Waals surface area contributed by atoms with Crippen molar-refractivity contribution in [2.24, 2.45) is 0 Å². The van der Waals surface area contributed by atoms with E-state index >= 15 is 0 Å². The minimum atomic E-state index is 0.217. The number of anilines is 1. The molecular weight excluding hydrogens is 326 g/mol. The molecule has 0 saturated heterocycles. The molecule has 0 fully saturated rings. The number of nitrogens with zero attached hydrogens (tertiary/aromatic N) is 3. The number of phenolic OH excluding ortho intramolecular Hbond substituents is 1. The molecule has 3 rings (SSSR count). The summed E-state index contributed by atoms with van der Waals surface area (Å²) in [6.45, 7) is 6.45. The van der Waals surface area contributed by atoms with E-state index in [9.17, 15) is 5.11 Å². The lowest BCUT2D eigenvalue weighted by Gasteiger charge is -2.12. The van der Waals surface area contributed by atoms with Gasteiger partial charge in [0.2, 0.25) is 0 Å². The van der Waals surface area contributed by atoms with Crippen LogP contribution in [0.3, 0.4) is 0 Å². The van der Waals surface area contributed by atoms with Gasteiger partial charge in [0.05, 0.1) is 11.9 Å². The molecular formula is C20H21N5O. The second-order valence-corrected chi connectivity index (χ2v) is 5.66. The number of benzene rings is 1. The molecule has 0 radical (unpaired) electrons. The average Bonchev–Trinajstić information content (AvgIpc) is 2.66. The summed E-state index contributed by atoms with van der Waals surface area (Å²) in [4.78, 5) is 13.6. The Balaban J connectivity index is 1.90. The molecule has 0 bridgehead atoms.